The average Bonchev–Trinajstić information content (AvgIpc) is 2.09. The average molecular weight is 227 g/mol. The first kappa shape index (κ1) is 11.8. The predicted molar refractivity (Wildman–Crippen MR) is 69.8 cm³/mol. The predicted octanol–water partition coefficient (Wildman–Crippen LogP) is 3.48. The third kappa shape index (κ3) is 3.46. The standard InChI is InChI=1S/C11H17NS2/c1-9(2)5-4-8-12-10(13)6-3-7-11(12)14/h5H,3-4,6-8H2,1-2H3. The van der Waals surface area contributed by atoms with Gasteiger partial charge in [0.05, 0.1) is 9.98 Å². The van der Waals surface area contributed by atoms with Crippen LogP contribution in [0, 0.1) is 0 Å². The van der Waals surface area contributed by atoms with E-state index in [1.165, 1.54) is 5.57 Å². The molecule has 0 aromatic carbocycles. The van der Waals surface area contributed by atoms with Crippen molar-refractivity contribution in [3.05, 3.63) is 11.6 Å². The maximum absolute atomic E-state index is 5.30. The van der Waals surface area contributed by atoms with Gasteiger partial charge in [0.25, 0.3) is 0 Å². The summed E-state index contributed by atoms with van der Waals surface area (Å²) in [6, 6.07) is 0. The van der Waals surface area contributed by atoms with Crippen molar-refractivity contribution in [2.45, 2.75) is 39.5 Å². The first-order valence-corrected chi connectivity index (χ1v) is 5.89. The minimum absolute atomic E-state index is 0.961. The van der Waals surface area contributed by atoms with Gasteiger partial charge in [-0.2, -0.15) is 0 Å². The normalized spacial score (nSPS) is 17.1. The molecule has 0 bridgehead atoms. The van der Waals surface area contributed by atoms with Gasteiger partial charge in [0.1, 0.15) is 0 Å². The molecule has 0 amide bonds. The van der Waals surface area contributed by atoms with Crippen molar-refractivity contribution in [1.82, 2.24) is 4.90 Å². The monoisotopic (exact) mass is 227 g/mol. The molecule has 0 N–H and O–H groups in total. The smallest absolute Gasteiger partial charge is 0.0827 e. The third-order valence-corrected chi connectivity index (χ3v) is 3.14. The Bertz CT molecular complexity index is 248. The van der Waals surface area contributed by atoms with Gasteiger partial charge in [0.15, 0.2) is 0 Å². The lowest BCUT2D eigenvalue weighted by Gasteiger charge is -2.29. The van der Waals surface area contributed by atoms with E-state index in [0.717, 1.165) is 42.2 Å². The highest BCUT2D eigenvalue weighted by Gasteiger charge is 2.18. The first-order chi connectivity index (χ1) is 6.61. The molecule has 1 nitrogen and oxygen atoms in total. The summed E-state index contributed by atoms with van der Waals surface area (Å²) in [7, 11) is 0. The summed E-state index contributed by atoms with van der Waals surface area (Å²) < 4.78 is 0. The fourth-order valence-corrected chi connectivity index (χ4v) is 2.28. The van der Waals surface area contributed by atoms with E-state index in [4.69, 9.17) is 24.4 Å². The first-order valence-electron chi connectivity index (χ1n) is 5.08. The molecule has 3 heteroatoms. The largest absolute Gasteiger partial charge is 0.330 e. The topological polar surface area (TPSA) is 3.24 Å². The van der Waals surface area contributed by atoms with Gasteiger partial charge in [-0.1, -0.05) is 36.1 Å². The van der Waals surface area contributed by atoms with E-state index in [9.17, 15) is 0 Å². The van der Waals surface area contributed by atoms with Crippen LogP contribution in [-0.4, -0.2) is 21.4 Å². The summed E-state index contributed by atoms with van der Waals surface area (Å²) in [4.78, 5) is 4.19. The molecule has 1 aliphatic rings. The summed E-state index contributed by atoms with van der Waals surface area (Å²) in [6.45, 7) is 5.20. The molecular formula is C11H17NS2. The van der Waals surface area contributed by atoms with E-state index in [1.54, 1.807) is 0 Å². The van der Waals surface area contributed by atoms with Crippen molar-refractivity contribution in [2.24, 2.45) is 0 Å². The van der Waals surface area contributed by atoms with Gasteiger partial charge in [-0.15, -0.1) is 0 Å². The molecule has 1 fully saturated rings. The van der Waals surface area contributed by atoms with E-state index in [0.29, 0.717) is 0 Å². The molecule has 1 rings (SSSR count). The van der Waals surface area contributed by atoms with Crippen molar-refractivity contribution >= 4 is 34.4 Å². The molecule has 0 aliphatic carbocycles. The zero-order valence-corrected chi connectivity index (χ0v) is 10.5. The fourth-order valence-electron chi connectivity index (χ4n) is 1.53. The van der Waals surface area contributed by atoms with Gasteiger partial charge in [-0.3, -0.25) is 0 Å². The van der Waals surface area contributed by atoms with E-state index < -0.39 is 0 Å². The van der Waals surface area contributed by atoms with Gasteiger partial charge in [-0.05, 0) is 39.5 Å². The van der Waals surface area contributed by atoms with Crippen molar-refractivity contribution in [1.29, 1.82) is 0 Å². The zero-order valence-electron chi connectivity index (χ0n) is 8.88. The molecule has 1 saturated heterocycles. The lowest BCUT2D eigenvalue weighted by Crippen LogP contribution is -2.38. The Balaban J connectivity index is 2.45. The van der Waals surface area contributed by atoms with Crippen LogP contribution in [0.15, 0.2) is 11.6 Å². The summed E-state index contributed by atoms with van der Waals surface area (Å²) >= 11 is 10.6. The van der Waals surface area contributed by atoms with Crippen LogP contribution in [0.25, 0.3) is 0 Å². The number of rotatable bonds is 3. The van der Waals surface area contributed by atoms with Crippen molar-refractivity contribution in [2.75, 3.05) is 6.54 Å². The fraction of sp³-hybridized carbons (Fsp3) is 0.636. The molecule has 0 unspecified atom stereocenters. The van der Waals surface area contributed by atoms with E-state index >= 15 is 0 Å². The Hall–Kier alpha value is -0.280. The van der Waals surface area contributed by atoms with Crippen molar-refractivity contribution in [3.8, 4) is 0 Å². The second kappa shape index (κ2) is 5.56. The molecule has 0 saturated carbocycles. The van der Waals surface area contributed by atoms with Gasteiger partial charge < -0.3 is 4.90 Å². The molecule has 0 aromatic rings. The van der Waals surface area contributed by atoms with Crippen LogP contribution in [-0.2, 0) is 0 Å². The Morgan fingerprint density at radius 2 is 1.86 bits per heavy atom. The van der Waals surface area contributed by atoms with Gasteiger partial charge in [-0.25, -0.2) is 0 Å². The summed E-state index contributed by atoms with van der Waals surface area (Å²) in [5.41, 5.74) is 1.36. The Kier molecular flexibility index (Phi) is 4.69. The molecule has 14 heavy (non-hydrogen) atoms. The molecule has 78 valence electrons. The number of piperidine rings is 1. The molecule has 0 spiro atoms. The molecule has 0 atom stereocenters. The number of likely N-dealkylation sites (tertiary alicyclic amines) is 1. The SMILES string of the molecule is CC(C)=CCCN1C(=S)CCCC1=S. The maximum atomic E-state index is 5.30. The van der Waals surface area contributed by atoms with Crippen LogP contribution in [0.5, 0.6) is 0 Å². The van der Waals surface area contributed by atoms with E-state index in [1.807, 2.05) is 0 Å². The number of hydrogen-bond acceptors (Lipinski definition) is 2. The van der Waals surface area contributed by atoms with Gasteiger partial charge in [0.2, 0.25) is 0 Å². The van der Waals surface area contributed by atoms with Crippen molar-refractivity contribution < 1.29 is 0 Å². The second-order valence-corrected chi connectivity index (χ2v) is 4.81. The highest BCUT2D eigenvalue weighted by molar-refractivity contribution is 7.81. The summed E-state index contributed by atoms with van der Waals surface area (Å²) in [5, 5.41) is 0. The highest BCUT2D eigenvalue weighted by atomic mass is 32.1. The Morgan fingerprint density at radius 1 is 1.29 bits per heavy atom. The van der Waals surface area contributed by atoms with E-state index in [2.05, 4.69) is 24.8 Å². The number of allylic oxidation sites excluding steroid dienone is 1. The van der Waals surface area contributed by atoms with Crippen LogP contribution in [0.1, 0.15) is 39.5 Å². The Labute approximate surface area is 97.2 Å². The van der Waals surface area contributed by atoms with Crippen LogP contribution in [0.2, 0.25) is 0 Å². The number of hydrogen-bond donors (Lipinski definition) is 0. The molecular weight excluding hydrogens is 210 g/mol. The quantitative estimate of drug-likeness (QED) is 0.537. The van der Waals surface area contributed by atoms with Crippen LogP contribution < -0.4 is 0 Å². The lowest BCUT2D eigenvalue weighted by atomic mass is 10.1. The molecule has 0 aromatic heterocycles. The lowest BCUT2D eigenvalue weighted by molar-refractivity contribution is 0.574. The van der Waals surface area contributed by atoms with Crippen LogP contribution >= 0.6 is 24.4 Å². The van der Waals surface area contributed by atoms with Crippen molar-refractivity contribution in [3.63, 3.8) is 0 Å². The second-order valence-electron chi connectivity index (χ2n) is 3.86. The van der Waals surface area contributed by atoms with Gasteiger partial charge >= 0.3 is 0 Å². The maximum Gasteiger partial charge on any atom is 0.0827 e. The molecule has 1 aliphatic heterocycles. The minimum atomic E-state index is 0.961. The third-order valence-electron chi connectivity index (χ3n) is 2.29. The van der Waals surface area contributed by atoms with Crippen LogP contribution in [0.4, 0.5) is 0 Å². The summed E-state index contributed by atoms with van der Waals surface area (Å²) in [5.74, 6) is 0. The summed E-state index contributed by atoms with van der Waals surface area (Å²) in [6.07, 6.45) is 6.48. The van der Waals surface area contributed by atoms with Gasteiger partial charge in [0, 0.05) is 6.54 Å². The Morgan fingerprint density at radius 3 is 2.36 bits per heavy atom. The zero-order chi connectivity index (χ0) is 10.6. The highest BCUT2D eigenvalue weighted by Crippen LogP contribution is 2.15. The number of thiocarbonyl (C=S) groups is 2. The molecule has 0 radical (unpaired) electrons. The minimum Gasteiger partial charge on any atom is -0.330 e. The van der Waals surface area contributed by atoms with Crippen LogP contribution in [0.3, 0.4) is 0 Å². The molecule has 1 heterocycles. The number of nitrogens with zero attached hydrogens (tertiary/aromatic N) is 1. The van der Waals surface area contributed by atoms with E-state index in [-0.39, 0.29) is 0 Å².